The number of likely N-dealkylation sites (tertiary alicyclic amines) is 1. The van der Waals surface area contributed by atoms with E-state index in [-0.39, 0.29) is 12.5 Å². The van der Waals surface area contributed by atoms with E-state index in [0.29, 0.717) is 6.54 Å². The number of rotatable bonds is 6. The Morgan fingerprint density at radius 3 is 2.41 bits per heavy atom. The zero-order valence-corrected chi connectivity index (χ0v) is 10.5. The van der Waals surface area contributed by atoms with Gasteiger partial charge in [-0.15, -0.1) is 0 Å². The first-order valence-electron chi connectivity index (χ1n) is 6.50. The molecular formula is C12H23F3N2. The largest absolute Gasteiger partial charge is 0.389 e. The second-order valence-corrected chi connectivity index (χ2v) is 4.94. The average Bonchev–Trinajstić information content (AvgIpc) is 2.25. The third-order valence-electron chi connectivity index (χ3n) is 3.11. The maximum absolute atomic E-state index is 11.9. The van der Waals surface area contributed by atoms with Crippen LogP contribution in [0.1, 0.15) is 39.0 Å². The summed E-state index contributed by atoms with van der Waals surface area (Å²) in [6.45, 7) is 5.71. The van der Waals surface area contributed by atoms with Crippen LogP contribution in [0.2, 0.25) is 0 Å². The van der Waals surface area contributed by atoms with Gasteiger partial charge in [-0.2, -0.15) is 13.2 Å². The lowest BCUT2D eigenvalue weighted by molar-refractivity contribution is -0.135. The first-order valence-corrected chi connectivity index (χ1v) is 6.50. The van der Waals surface area contributed by atoms with E-state index in [1.807, 2.05) is 6.92 Å². The first kappa shape index (κ1) is 14.8. The summed E-state index contributed by atoms with van der Waals surface area (Å²) in [6.07, 6.45) is -0.715. The van der Waals surface area contributed by atoms with E-state index in [9.17, 15) is 13.2 Å². The minimum Gasteiger partial charge on any atom is -0.313 e. The summed E-state index contributed by atoms with van der Waals surface area (Å²) in [4.78, 5) is 2.39. The summed E-state index contributed by atoms with van der Waals surface area (Å²) < 4.78 is 35.8. The third kappa shape index (κ3) is 7.60. The molecule has 17 heavy (non-hydrogen) atoms. The van der Waals surface area contributed by atoms with Gasteiger partial charge in [0.2, 0.25) is 0 Å². The van der Waals surface area contributed by atoms with Crippen LogP contribution in [0.4, 0.5) is 13.2 Å². The van der Waals surface area contributed by atoms with Gasteiger partial charge in [0.05, 0.1) is 0 Å². The molecule has 102 valence electrons. The van der Waals surface area contributed by atoms with Gasteiger partial charge in [-0.3, -0.25) is 0 Å². The molecule has 1 atom stereocenters. The van der Waals surface area contributed by atoms with Crippen molar-refractivity contribution in [2.45, 2.75) is 51.2 Å². The van der Waals surface area contributed by atoms with Gasteiger partial charge in [0.25, 0.3) is 0 Å². The van der Waals surface area contributed by atoms with Crippen molar-refractivity contribution < 1.29 is 13.2 Å². The van der Waals surface area contributed by atoms with Gasteiger partial charge in [0.1, 0.15) is 0 Å². The fourth-order valence-corrected chi connectivity index (χ4v) is 2.23. The normalized spacial score (nSPS) is 20.5. The second-order valence-electron chi connectivity index (χ2n) is 4.94. The molecule has 0 aromatic heterocycles. The lowest BCUT2D eigenvalue weighted by Crippen LogP contribution is -2.41. The van der Waals surface area contributed by atoms with Gasteiger partial charge in [0, 0.05) is 19.0 Å². The quantitative estimate of drug-likeness (QED) is 0.731. The van der Waals surface area contributed by atoms with Crippen LogP contribution in [0.5, 0.6) is 0 Å². The molecule has 0 radical (unpaired) electrons. The van der Waals surface area contributed by atoms with E-state index in [1.165, 1.54) is 19.3 Å². The summed E-state index contributed by atoms with van der Waals surface area (Å²) in [5.41, 5.74) is 0. The summed E-state index contributed by atoms with van der Waals surface area (Å²) in [7, 11) is 0. The highest BCUT2D eigenvalue weighted by Gasteiger charge is 2.25. The molecule has 1 rings (SSSR count). The molecule has 1 aliphatic heterocycles. The Morgan fingerprint density at radius 1 is 1.18 bits per heavy atom. The van der Waals surface area contributed by atoms with Crippen molar-refractivity contribution in [1.29, 1.82) is 0 Å². The monoisotopic (exact) mass is 252 g/mol. The van der Waals surface area contributed by atoms with Crippen molar-refractivity contribution in [3.8, 4) is 0 Å². The third-order valence-corrected chi connectivity index (χ3v) is 3.11. The molecule has 1 aliphatic rings. The van der Waals surface area contributed by atoms with Crippen molar-refractivity contribution in [2.75, 3.05) is 26.2 Å². The van der Waals surface area contributed by atoms with Crippen LogP contribution in [0.15, 0.2) is 0 Å². The molecule has 1 heterocycles. The van der Waals surface area contributed by atoms with E-state index in [2.05, 4.69) is 10.2 Å². The molecular weight excluding hydrogens is 229 g/mol. The molecule has 5 heteroatoms. The number of hydrogen-bond acceptors (Lipinski definition) is 2. The number of hydrogen-bond donors (Lipinski definition) is 1. The summed E-state index contributed by atoms with van der Waals surface area (Å²) in [6, 6.07) is 0.279. The lowest BCUT2D eigenvalue weighted by atomic mass is 10.1. The molecule has 1 unspecified atom stereocenters. The minimum atomic E-state index is -4.02. The maximum Gasteiger partial charge on any atom is 0.389 e. The van der Waals surface area contributed by atoms with Crippen molar-refractivity contribution in [3.63, 3.8) is 0 Å². The zero-order chi connectivity index (χ0) is 12.7. The smallest absolute Gasteiger partial charge is 0.313 e. The number of alkyl halides is 3. The molecule has 1 N–H and O–H groups in total. The molecule has 0 amide bonds. The summed E-state index contributed by atoms with van der Waals surface area (Å²) in [5, 5.41) is 3.16. The Bertz CT molecular complexity index is 200. The zero-order valence-electron chi connectivity index (χ0n) is 10.5. The first-order chi connectivity index (χ1) is 7.97. The summed E-state index contributed by atoms with van der Waals surface area (Å²) in [5.74, 6) is 0. The predicted molar refractivity (Wildman–Crippen MR) is 63.0 cm³/mol. The van der Waals surface area contributed by atoms with Crippen molar-refractivity contribution in [3.05, 3.63) is 0 Å². The van der Waals surface area contributed by atoms with Gasteiger partial charge in [-0.1, -0.05) is 6.42 Å². The Labute approximate surface area is 102 Å². The fourth-order valence-electron chi connectivity index (χ4n) is 2.23. The van der Waals surface area contributed by atoms with Crippen LogP contribution in [-0.4, -0.2) is 43.3 Å². The van der Waals surface area contributed by atoms with Gasteiger partial charge >= 0.3 is 6.18 Å². The predicted octanol–water partition coefficient (Wildman–Crippen LogP) is 2.79. The second kappa shape index (κ2) is 7.21. The standard InChI is InChI=1S/C12H23F3N2/c1-11(10-17-8-3-2-4-9-17)16-7-5-6-12(13,14)15/h11,16H,2-10H2,1H3. The Balaban J connectivity index is 2.02. The Morgan fingerprint density at radius 2 is 1.82 bits per heavy atom. The van der Waals surface area contributed by atoms with Crippen LogP contribution in [0, 0.1) is 0 Å². The van der Waals surface area contributed by atoms with Crippen LogP contribution in [-0.2, 0) is 0 Å². The number of halogens is 3. The van der Waals surface area contributed by atoms with Gasteiger partial charge in [0.15, 0.2) is 0 Å². The minimum absolute atomic E-state index is 0.174. The highest BCUT2D eigenvalue weighted by atomic mass is 19.4. The van der Waals surface area contributed by atoms with Gasteiger partial charge < -0.3 is 10.2 Å². The van der Waals surface area contributed by atoms with Crippen molar-refractivity contribution >= 4 is 0 Å². The molecule has 0 aromatic carbocycles. The lowest BCUT2D eigenvalue weighted by Gasteiger charge is -2.29. The van der Waals surface area contributed by atoms with E-state index >= 15 is 0 Å². The van der Waals surface area contributed by atoms with E-state index in [1.54, 1.807) is 0 Å². The molecule has 0 saturated carbocycles. The molecule has 1 fully saturated rings. The van der Waals surface area contributed by atoms with E-state index < -0.39 is 12.6 Å². The van der Waals surface area contributed by atoms with Gasteiger partial charge in [-0.25, -0.2) is 0 Å². The molecule has 0 aliphatic carbocycles. The van der Waals surface area contributed by atoms with Crippen LogP contribution < -0.4 is 5.32 Å². The highest BCUT2D eigenvalue weighted by molar-refractivity contribution is 4.71. The number of nitrogens with one attached hydrogen (secondary N) is 1. The fraction of sp³-hybridized carbons (Fsp3) is 1.00. The SMILES string of the molecule is CC(CN1CCCCC1)NCCCC(F)(F)F. The van der Waals surface area contributed by atoms with Crippen LogP contribution in [0.25, 0.3) is 0 Å². The topological polar surface area (TPSA) is 15.3 Å². The highest BCUT2D eigenvalue weighted by Crippen LogP contribution is 2.20. The van der Waals surface area contributed by atoms with Crippen molar-refractivity contribution in [1.82, 2.24) is 10.2 Å². The Kier molecular flexibility index (Phi) is 6.27. The van der Waals surface area contributed by atoms with Crippen LogP contribution >= 0.6 is 0 Å². The molecule has 0 bridgehead atoms. The Hall–Kier alpha value is -0.290. The molecule has 0 aromatic rings. The van der Waals surface area contributed by atoms with E-state index in [0.717, 1.165) is 19.6 Å². The maximum atomic E-state index is 11.9. The number of nitrogens with zero attached hydrogens (tertiary/aromatic N) is 1. The van der Waals surface area contributed by atoms with Crippen molar-refractivity contribution in [2.24, 2.45) is 0 Å². The molecule has 0 spiro atoms. The van der Waals surface area contributed by atoms with Crippen LogP contribution in [0.3, 0.4) is 0 Å². The summed E-state index contributed by atoms with van der Waals surface area (Å²) >= 11 is 0. The van der Waals surface area contributed by atoms with Gasteiger partial charge in [-0.05, 0) is 45.8 Å². The van der Waals surface area contributed by atoms with E-state index in [4.69, 9.17) is 0 Å². The number of piperidine rings is 1. The molecule has 1 saturated heterocycles. The molecule has 2 nitrogen and oxygen atoms in total. The average molecular weight is 252 g/mol.